The number of nitrogens with two attached hydrogens (primary N) is 2. The lowest BCUT2D eigenvalue weighted by molar-refractivity contribution is -0.138. The van der Waals surface area contributed by atoms with Crippen LogP contribution in [0.1, 0.15) is 45.1 Å². The van der Waals surface area contributed by atoms with Crippen LogP contribution in [0, 0.1) is 5.92 Å². The number of benzene rings is 1. The van der Waals surface area contributed by atoms with Gasteiger partial charge in [-0.2, -0.15) is 0 Å². The molecule has 4 atom stereocenters. The predicted molar refractivity (Wildman–Crippen MR) is 125 cm³/mol. The summed E-state index contributed by atoms with van der Waals surface area (Å²) in [5.41, 5.74) is 12.5. The molecule has 0 radical (unpaired) electrons. The second kappa shape index (κ2) is 15.0. The molecule has 33 heavy (non-hydrogen) atoms. The Bertz CT molecular complexity index is 774. The number of carboxylic acid groups (broad SMARTS) is 1. The summed E-state index contributed by atoms with van der Waals surface area (Å²) in [6, 6.07) is 6.64. The smallest absolute Gasteiger partial charge is 0.322 e. The van der Waals surface area contributed by atoms with E-state index in [9.17, 15) is 19.2 Å². The van der Waals surface area contributed by atoms with E-state index in [1.54, 1.807) is 0 Å². The molecule has 0 bridgehead atoms. The molecule has 0 aliphatic heterocycles. The van der Waals surface area contributed by atoms with E-state index in [2.05, 4.69) is 16.0 Å². The SMILES string of the molecule is CCC(C)C(NC(=O)C(N)Cc1ccccc1)C(=O)NC(CCCCN)C(=O)NCC(=O)O. The second-order valence-electron chi connectivity index (χ2n) is 8.13. The van der Waals surface area contributed by atoms with Crippen LogP contribution in [0.15, 0.2) is 30.3 Å². The number of rotatable bonds is 15. The molecule has 1 aromatic carbocycles. The number of nitrogens with one attached hydrogen (secondary N) is 3. The molecule has 0 spiro atoms. The van der Waals surface area contributed by atoms with Gasteiger partial charge >= 0.3 is 5.97 Å². The van der Waals surface area contributed by atoms with Crippen molar-refractivity contribution >= 4 is 23.7 Å². The van der Waals surface area contributed by atoms with Gasteiger partial charge in [-0.05, 0) is 43.7 Å². The first-order valence-electron chi connectivity index (χ1n) is 11.3. The Balaban J connectivity index is 2.87. The van der Waals surface area contributed by atoms with Gasteiger partial charge in [0, 0.05) is 0 Å². The molecule has 0 saturated carbocycles. The Morgan fingerprint density at radius 2 is 1.67 bits per heavy atom. The molecule has 0 aliphatic carbocycles. The van der Waals surface area contributed by atoms with Crippen molar-refractivity contribution in [3.63, 3.8) is 0 Å². The van der Waals surface area contributed by atoms with Gasteiger partial charge in [0.15, 0.2) is 0 Å². The summed E-state index contributed by atoms with van der Waals surface area (Å²) < 4.78 is 0. The van der Waals surface area contributed by atoms with Crippen molar-refractivity contribution in [1.29, 1.82) is 0 Å². The summed E-state index contributed by atoms with van der Waals surface area (Å²) in [7, 11) is 0. The summed E-state index contributed by atoms with van der Waals surface area (Å²) in [4.78, 5) is 49.0. The second-order valence-corrected chi connectivity index (χ2v) is 8.13. The summed E-state index contributed by atoms with van der Waals surface area (Å²) in [5, 5.41) is 16.5. The topological polar surface area (TPSA) is 177 Å². The summed E-state index contributed by atoms with van der Waals surface area (Å²) in [6.45, 7) is 3.59. The third-order valence-electron chi connectivity index (χ3n) is 5.42. The van der Waals surface area contributed by atoms with Gasteiger partial charge in [0.05, 0.1) is 6.04 Å². The third-order valence-corrected chi connectivity index (χ3v) is 5.42. The average molecular weight is 464 g/mol. The van der Waals surface area contributed by atoms with Crippen LogP contribution in [0.25, 0.3) is 0 Å². The number of carboxylic acids is 1. The normalized spacial score (nSPS) is 14.4. The van der Waals surface area contributed by atoms with Gasteiger partial charge < -0.3 is 32.5 Å². The Morgan fingerprint density at radius 1 is 1.00 bits per heavy atom. The summed E-state index contributed by atoms with van der Waals surface area (Å²) in [6.07, 6.45) is 2.45. The van der Waals surface area contributed by atoms with E-state index in [0.717, 1.165) is 5.56 Å². The Kier molecular flexibility index (Phi) is 12.7. The van der Waals surface area contributed by atoms with Gasteiger partial charge in [-0.3, -0.25) is 19.2 Å². The number of hydrogen-bond donors (Lipinski definition) is 6. The number of aliphatic carboxylic acids is 1. The first-order valence-corrected chi connectivity index (χ1v) is 11.3. The Labute approximate surface area is 194 Å². The quantitative estimate of drug-likeness (QED) is 0.197. The van der Waals surface area contributed by atoms with E-state index in [4.69, 9.17) is 16.6 Å². The lowest BCUT2D eigenvalue weighted by atomic mass is 9.96. The number of amides is 3. The van der Waals surface area contributed by atoms with Crippen LogP contribution in [0.2, 0.25) is 0 Å². The van der Waals surface area contributed by atoms with Gasteiger partial charge in [0.1, 0.15) is 18.6 Å². The molecule has 4 unspecified atom stereocenters. The molecule has 10 heteroatoms. The molecule has 1 rings (SSSR count). The average Bonchev–Trinajstić information content (AvgIpc) is 2.80. The highest BCUT2D eigenvalue weighted by Gasteiger charge is 2.31. The van der Waals surface area contributed by atoms with Gasteiger partial charge in [0.25, 0.3) is 0 Å². The standard InChI is InChI=1S/C23H37N5O5/c1-3-15(2)20(28-21(31)17(25)13-16-9-5-4-6-10-16)23(33)27-18(11-7-8-12-24)22(32)26-14-19(29)30/h4-6,9-10,15,17-18,20H,3,7-8,11-14,24-25H2,1-2H3,(H,26,32)(H,27,33)(H,28,31)(H,29,30). The molecular weight excluding hydrogens is 426 g/mol. The maximum Gasteiger partial charge on any atom is 0.322 e. The summed E-state index contributed by atoms with van der Waals surface area (Å²) in [5.74, 6) is -2.99. The molecule has 184 valence electrons. The molecule has 10 nitrogen and oxygen atoms in total. The largest absolute Gasteiger partial charge is 0.480 e. The van der Waals surface area contributed by atoms with Crippen molar-refractivity contribution in [1.82, 2.24) is 16.0 Å². The Hall–Kier alpha value is -2.98. The van der Waals surface area contributed by atoms with E-state index < -0.39 is 48.4 Å². The number of carbonyl (C=O) groups excluding carboxylic acids is 3. The minimum atomic E-state index is -1.19. The number of hydrogen-bond acceptors (Lipinski definition) is 6. The molecule has 0 fully saturated rings. The zero-order valence-corrected chi connectivity index (χ0v) is 19.4. The molecule has 0 saturated heterocycles. The zero-order chi connectivity index (χ0) is 24.8. The van der Waals surface area contributed by atoms with E-state index in [0.29, 0.717) is 38.6 Å². The van der Waals surface area contributed by atoms with Gasteiger partial charge in [-0.1, -0.05) is 50.6 Å². The maximum atomic E-state index is 13.1. The summed E-state index contributed by atoms with van der Waals surface area (Å²) >= 11 is 0. The van der Waals surface area contributed by atoms with Gasteiger partial charge in [-0.15, -0.1) is 0 Å². The van der Waals surface area contributed by atoms with Crippen LogP contribution < -0.4 is 27.4 Å². The highest BCUT2D eigenvalue weighted by atomic mass is 16.4. The van der Waals surface area contributed by atoms with Gasteiger partial charge in [-0.25, -0.2) is 0 Å². The highest BCUT2D eigenvalue weighted by molar-refractivity contribution is 5.93. The molecular formula is C23H37N5O5. The lowest BCUT2D eigenvalue weighted by Gasteiger charge is -2.27. The minimum absolute atomic E-state index is 0.218. The molecule has 0 aliphatic rings. The van der Waals surface area contributed by atoms with Crippen LogP contribution in [0.3, 0.4) is 0 Å². The Morgan fingerprint density at radius 3 is 2.24 bits per heavy atom. The van der Waals surface area contributed by atoms with Crippen molar-refractivity contribution in [2.24, 2.45) is 17.4 Å². The van der Waals surface area contributed by atoms with E-state index >= 15 is 0 Å². The van der Waals surface area contributed by atoms with Crippen molar-refractivity contribution in [3.8, 4) is 0 Å². The lowest BCUT2D eigenvalue weighted by Crippen LogP contribution is -2.58. The number of carbonyl (C=O) groups is 4. The maximum absolute atomic E-state index is 13.1. The van der Waals surface area contributed by atoms with Crippen molar-refractivity contribution in [3.05, 3.63) is 35.9 Å². The fraction of sp³-hybridized carbons (Fsp3) is 0.565. The van der Waals surface area contributed by atoms with E-state index in [1.807, 2.05) is 44.2 Å². The minimum Gasteiger partial charge on any atom is -0.480 e. The zero-order valence-electron chi connectivity index (χ0n) is 19.4. The van der Waals surface area contributed by atoms with Crippen molar-refractivity contribution in [2.45, 2.75) is 64.1 Å². The van der Waals surface area contributed by atoms with Crippen molar-refractivity contribution < 1.29 is 24.3 Å². The van der Waals surface area contributed by atoms with Crippen LogP contribution in [0.4, 0.5) is 0 Å². The first-order chi connectivity index (χ1) is 15.7. The van der Waals surface area contributed by atoms with Crippen LogP contribution in [-0.2, 0) is 25.6 Å². The highest BCUT2D eigenvalue weighted by Crippen LogP contribution is 2.11. The molecule has 8 N–H and O–H groups in total. The first kappa shape index (κ1) is 28.1. The molecule has 3 amide bonds. The van der Waals surface area contributed by atoms with Gasteiger partial charge in [0.2, 0.25) is 17.7 Å². The third kappa shape index (κ3) is 10.5. The van der Waals surface area contributed by atoms with Crippen LogP contribution in [-0.4, -0.2) is 60.0 Å². The van der Waals surface area contributed by atoms with Crippen LogP contribution >= 0.6 is 0 Å². The molecule has 0 aromatic heterocycles. The molecule has 1 aromatic rings. The molecule has 0 heterocycles. The van der Waals surface area contributed by atoms with E-state index in [-0.39, 0.29) is 5.92 Å². The van der Waals surface area contributed by atoms with Crippen LogP contribution in [0.5, 0.6) is 0 Å². The fourth-order valence-electron chi connectivity index (χ4n) is 3.23. The monoisotopic (exact) mass is 463 g/mol. The number of unbranched alkanes of at least 4 members (excludes halogenated alkanes) is 1. The van der Waals surface area contributed by atoms with E-state index in [1.165, 1.54) is 0 Å². The van der Waals surface area contributed by atoms with Crippen molar-refractivity contribution in [2.75, 3.05) is 13.1 Å². The predicted octanol–water partition coefficient (Wildman–Crippen LogP) is -0.0981. The fourth-order valence-corrected chi connectivity index (χ4v) is 3.23.